The Bertz CT molecular complexity index is 894. The van der Waals surface area contributed by atoms with Crippen LogP contribution in [0, 0.1) is 6.92 Å². The lowest BCUT2D eigenvalue weighted by atomic mass is 9.94. The van der Waals surface area contributed by atoms with Gasteiger partial charge in [0.15, 0.2) is 0 Å². The third-order valence-corrected chi connectivity index (χ3v) is 5.29. The van der Waals surface area contributed by atoms with Gasteiger partial charge in [0.05, 0.1) is 7.11 Å². The van der Waals surface area contributed by atoms with Gasteiger partial charge in [-0.3, -0.25) is 0 Å². The van der Waals surface area contributed by atoms with Crippen molar-refractivity contribution in [2.45, 2.75) is 26.2 Å². The van der Waals surface area contributed by atoms with E-state index in [1.54, 1.807) is 7.11 Å². The largest absolute Gasteiger partial charge is 0.496 e. The van der Waals surface area contributed by atoms with E-state index in [1.807, 2.05) is 0 Å². The summed E-state index contributed by atoms with van der Waals surface area (Å²) in [6, 6.07) is 19.8. The standard InChI is InChI=1S/C23H25NO/c1-17-16-19(11-13-22(17)25-2)23-20-9-5-4-8-18(20)10-12-21(23)24-14-6-3-7-15-24/h4-5,8-13,16H,3,6-7,14-15H2,1-2H3. The zero-order chi connectivity index (χ0) is 17.2. The van der Waals surface area contributed by atoms with Crippen molar-refractivity contribution in [3.63, 3.8) is 0 Å². The molecular formula is C23H25NO. The highest BCUT2D eigenvalue weighted by molar-refractivity contribution is 6.03. The molecule has 1 aliphatic heterocycles. The topological polar surface area (TPSA) is 12.5 Å². The molecule has 0 radical (unpaired) electrons. The molecule has 0 spiro atoms. The van der Waals surface area contributed by atoms with E-state index in [-0.39, 0.29) is 0 Å². The monoisotopic (exact) mass is 331 g/mol. The van der Waals surface area contributed by atoms with E-state index in [4.69, 9.17) is 4.74 Å². The van der Waals surface area contributed by atoms with Gasteiger partial charge in [-0.1, -0.05) is 36.4 Å². The lowest BCUT2D eigenvalue weighted by Crippen LogP contribution is -2.29. The molecule has 1 fully saturated rings. The fourth-order valence-corrected chi connectivity index (χ4v) is 4.00. The predicted octanol–water partition coefficient (Wildman–Crippen LogP) is 5.81. The van der Waals surface area contributed by atoms with Crippen molar-refractivity contribution in [1.29, 1.82) is 0 Å². The highest BCUT2D eigenvalue weighted by Gasteiger charge is 2.18. The van der Waals surface area contributed by atoms with E-state index in [2.05, 4.69) is 66.4 Å². The van der Waals surface area contributed by atoms with Crippen LogP contribution in [-0.4, -0.2) is 20.2 Å². The molecule has 0 N–H and O–H groups in total. The van der Waals surface area contributed by atoms with Crippen LogP contribution in [0.4, 0.5) is 5.69 Å². The van der Waals surface area contributed by atoms with E-state index in [0.717, 1.165) is 18.8 Å². The first-order valence-corrected chi connectivity index (χ1v) is 9.19. The summed E-state index contributed by atoms with van der Waals surface area (Å²) in [7, 11) is 1.74. The lowest BCUT2D eigenvalue weighted by molar-refractivity contribution is 0.412. The summed E-state index contributed by atoms with van der Waals surface area (Å²) in [6.45, 7) is 4.43. The van der Waals surface area contributed by atoms with Crippen LogP contribution in [-0.2, 0) is 0 Å². The molecule has 0 aromatic heterocycles. The van der Waals surface area contributed by atoms with Gasteiger partial charge >= 0.3 is 0 Å². The first kappa shape index (κ1) is 16.0. The molecule has 25 heavy (non-hydrogen) atoms. The van der Waals surface area contributed by atoms with E-state index >= 15 is 0 Å². The number of piperidine rings is 1. The molecule has 2 nitrogen and oxygen atoms in total. The Kier molecular flexibility index (Phi) is 4.35. The van der Waals surface area contributed by atoms with Crippen LogP contribution in [0.3, 0.4) is 0 Å². The summed E-state index contributed by atoms with van der Waals surface area (Å²) in [4.78, 5) is 2.56. The number of ether oxygens (including phenoxy) is 1. The van der Waals surface area contributed by atoms with Crippen LogP contribution in [0.1, 0.15) is 24.8 Å². The quantitative estimate of drug-likeness (QED) is 0.600. The molecule has 1 heterocycles. The Morgan fingerprint density at radius 1 is 0.880 bits per heavy atom. The second-order valence-corrected chi connectivity index (χ2v) is 6.91. The first-order chi connectivity index (χ1) is 12.3. The second-order valence-electron chi connectivity index (χ2n) is 6.91. The van der Waals surface area contributed by atoms with Crippen molar-refractivity contribution < 1.29 is 4.74 Å². The Labute approximate surface area is 150 Å². The van der Waals surface area contributed by atoms with Gasteiger partial charge in [-0.05, 0) is 66.3 Å². The average molecular weight is 331 g/mol. The molecular weight excluding hydrogens is 306 g/mol. The molecule has 4 rings (SSSR count). The van der Waals surface area contributed by atoms with Gasteiger partial charge < -0.3 is 9.64 Å². The molecule has 0 saturated carbocycles. The van der Waals surface area contributed by atoms with Gasteiger partial charge in [0.1, 0.15) is 5.75 Å². The van der Waals surface area contributed by atoms with Crippen molar-refractivity contribution in [2.75, 3.05) is 25.1 Å². The smallest absolute Gasteiger partial charge is 0.121 e. The van der Waals surface area contributed by atoms with Crippen molar-refractivity contribution in [3.05, 3.63) is 60.2 Å². The van der Waals surface area contributed by atoms with Gasteiger partial charge in [0.25, 0.3) is 0 Å². The number of nitrogens with zero attached hydrogens (tertiary/aromatic N) is 1. The molecule has 1 saturated heterocycles. The summed E-state index contributed by atoms with van der Waals surface area (Å²) in [6.07, 6.45) is 3.92. The maximum Gasteiger partial charge on any atom is 0.121 e. The molecule has 0 amide bonds. The molecule has 0 atom stereocenters. The zero-order valence-electron chi connectivity index (χ0n) is 15.1. The van der Waals surface area contributed by atoms with E-state index in [1.165, 1.54) is 52.4 Å². The minimum absolute atomic E-state index is 0.948. The lowest BCUT2D eigenvalue weighted by Gasteiger charge is -2.31. The number of benzene rings is 3. The maximum absolute atomic E-state index is 5.46. The Morgan fingerprint density at radius 2 is 1.68 bits per heavy atom. The molecule has 3 aromatic rings. The van der Waals surface area contributed by atoms with Crippen molar-refractivity contribution in [1.82, 2.24) is 0 Å². The summed E-state index contributed by atoms with van der Waals surface area (Å²) >= 11 is 0. The van der Waals surface area contributed by atoms with Crippen molar-refractivity contribution in [3.8, 4) is 16.9 Å². The minimum Gasteiger partial charge on any atom is -0.496 e. The van der Waals surface area contributed by atoms with Gasteiger partial charge in [-0.15, -0.1) is 0 Å². The Hall–Kier alpha value is -2.48. The average Bonchev–Trinajstić information content (AvgIpc) is 2.67. The first-order valence-electron chi connectivity index (χ1n) is 9.19. The van der Waals surface area contributed by atoms with E-state index < -0.39 is 0 Å². The minimum atomic E-state index is 0.948. The summed E-state index contributed by atoms with van der Waals surface area (Å²) in [5.74, 6) is 0.948. The van der Waals surface area contributed by atoms with Crippen LogP contribution < -0.4 is 9.64 Å². The van der Waals surface area contributed by atoms with Crippen molar-refractivity contribution in [2.24, 2.45) is 0 Å². The van der Waals surface area contributed by atoms with Crippen LogP contribution in [0.25, 0.3) is 21.9 Å². The molecule has 2 heteroatoms. The van der Waals surface area contributed by atoms with Gasteiger partial charge in [0.2, 0.25) is 0 Å². The highest BCUT2D eigenvalue weighted by Crippen LogP contribution is 2.39. The van der Waals surface area contributed by atoms with Gasteiger partial charge in [-0.25, -0.2) is 0 Å². The summed E-state index contributed by atoms with van der Waals surface area (Å²) in [5.41, 5.74) is 5.17. The predicted molar refractivity (Wildman–Crippen MR) is 107 cm³/mol. The van der Waals surface area contributed by atoms with Crippen LogP contribution >= 0.6 is 0 Å². The maximum atomic E-state index is 5.46. The fraction of sp³-hybridized carbons (Fsp3) is 0.304. The Morgan fingerprint density at radius 3 is 2.44 bits per heavy atom. The zero-order valence-corrected chi connectivity index (χ0v) is 15.1. The fourth-order valence-electron chi connectivity index (χ4n) is 4.00. The molecule has 128 valence electrons. The number of aryl methyl sites for hydroxylation is 1. The summed E-state index contributed by atoms with van der Waals surface area (Å²) in [5, 5.41) is 2.63. The van der Waals surface area contributed by atoms with Crippen molar-refractivity contribution >= 4 is 16.5 Å². The molecule has 3 aromatic carbocycles. The SMILES string of the molecule is COc1ccc(-c2c(N3CCCCC3)ccc3ccccc23)cc1C. The molecule has 0 unspecified atom stereocenters. The van der Waals surface area contributed by atoms with Crippen LogP contribution in [0.2, 0.25) is 0 Å². The molecule has 1 aliphatic rings. The van der Waals surface area contributed by atoms with E-state index in [0.29, 0.717) is 0 Å². The van der Waals surface area contributed by atoms with Crippen LogP contribution in [0.5, 0.6) is 5.75 Å². The number of rotatable bonds is 3. The number of fused-ring (bicyclic) bond motifs is 1. The summed E-state index contributed by atoms with van der Waals surface area (Å²) < 4.78 is 5.46. The highest BCUT2D eigenvalue weighted by atomic mass is 16.5. The molecule has 0 aliphatic carbocycles. The number of hydrogen-bond acceptors (Lipinski definition) is 2. The van der Waals surface area contributed by atoms with Gasteiger partial charge in [0, 0.05) is 24.3 Å². The number of methoxy groups -OCH3 is 1. The third-order valence-electron chi connectivity index (χ3n) is 5.29. The second kappa shape index (κ2) is 6.79. The molecule has 0 bridgehead atoms. The van der Waals surface area contributed by atoms with Crippen LogP contribution in [0.15, 0.2) is 54.6 Å². The third kappa shape index (κ3) is 2.97. The van der Waals surface area contributed by atoms with Gasteiger partial charge in [-0.2, -0.15) is 0 Å². The van der Waals surface area contributed by atoms with E-state index in [9.17, 15) is 0 Å². The Balaban J connectivity index is 1.94. The number of anilines is 1. The number of hydrogen-bond donors (Lipinski definition) is 0. The normalized spacial score (nSPS) is 14.7.